The number of hydrogen-bond acceptors (Lipinski definition) is 3. The Morgan fingerprint density at radius 3 is 2.95 bits per heavy atom. The molecule has 0 bridgehead atoms. The fourth-order valence-corrected chi connectivity index (χ4v) is 2.26. The maximum Gasteiger partial charge on any atom is 0.287 e. The molecule has 1 aromatic carbocycles. The normalized spacial score (nSPS) is 12.6. The highest BCUT2D eigenvalue weighted by Crippen LogP contribution is 2.27. The molecule has 0 aliphatic carbocycles. The SMILES string of the molecule is Cc1c(C(=O)NCCCC(C)O)oc2ccc(Cl)cc12. The average molecular weight is 296 g/mol. The van der Waals surface area contributed by atoms with Crippen LogP contribution in [0.2, 0.25) is 5.02 Å². The number of benzene rings is 1. The van der Waals surface area contributed by atoms with E-state index in [0.717, 1.165) is 17.4 Å². The maximum absolute atomic E-state index is 12.1. The maximum atomic E-state index is 12.1. The van der Waals surface area contributed by atoms with Crippen LogP contribution in [0.4, 0.5) is 0 Å². The van der Waals surface area contributed by atoms with E-state index in [-0.39, 0.29) is 12.0 Å². The zero-order valence-corrected chi connectivity index (χ0v) is 12.3. The van der Waals surface area contributed by atoms with Crippen molar-refractivity contribution in [2.45, 2.75) is 32.8 Å². The monoisotopic (exact) mass is 295 g/mol. The van der Waals surface area contributed by atoms with Crippen molar-refractivity contribution in [1.82, 2.24) is 5.32 Å². The van der Waals surface area contributed by atoms with Crippen LogP contribution < -0.4 is 5.32 Å². The van der Waals surface area contributed by atoms with Gasteiger partial charge >= 0.3 is 0 Å². The van der Waals surface area contributed by atoms with Crippen LogP contribution >= 0.6 is 11.6 Å². The Hall–Kier alpha value is -1.52. The Morgan fingerprint density at radius 2 is 2.25 bits per heavy atom. The lowest BCUT2D eigenvalue weighted by atomic mass is 10.1. The number of carbonyl (C=O) groups excluding carboxylic acids is 1. The molecule has 1 amide bonds. The smallest absolute Gasteiger partial charge is 0.287 e. The first-order valence-electron chi connectivity index (χ1n) is 6.64. The Bertz CT molecular complexity index is 619. The summed E-state index contributed by atoms with van der Waals surface area (Å²) in [6, 6.07) is 5.28. The van der Waals surface area contributed by atoms with Crippen LogP contribution in [0.15, 0.2) is 22.6 Å². The van der Waals surface area contributed by atoms with Crippen molar-refractivity contribution in [2.24, 2.45) is 0 Å². The topological polar surface area (TPSA) is 62.5 Å². The van der Waals surface area contributed by atoms with Gasteiger partial charge in [0, 0.05) is 22.5 Å². The van der Waals surface area contributed by atoms with Gasteiger partial charge in [0.15, 0.2) is 5.76 Å². The number of aliphatic hydroxyl groups is 1. The highest BCUT2D eigenvalue weighted by Gasteiger charge is 2.17. The molecule has 5 heteroatoms. The van der Waals surface area contributed by atoms with E-state index in [1.807, 2.05) is 6.92 Å². The largest absolute Gasteiger partial charge is 0.451 e. The van der Waals surface area contributed by atoms with Crippen LogP contribution in [-0.2, 0) is 0 Å². The van der Waals surface area contributed by atoms with E-state index in [0.29, 0.717) is 29.3 Å². The highest BCUT2D eigenvalue weighted by atomic mass is 35.5. The molecule has 4 nitrogen and oxygen atoms in total. The summed E-state index contributed by atoms with van der Waals surface area (Å²) in [6.07, 6.45) is 1.05. The molecule has 2 aromatic rings. The molecule has 0 aliphatic rings. The van der Waals surface area contributed by atoms with Crippen molar-refractivity contribution in [3.8, 4) is 0 Å². The minimum Gasteiger partial charge on any atom is -0.451 e. The fourth-order valence-electron chi connectivity index (χ4n) is 2.09. The molecule has 0 fully saturated rings. The van der Waals surface area contributed by atoms with Gasteiger partial charge in [-0.25, -0.2) is 0 Å². The lowest BCUT2D eigenvalue weighted by Crippen LogP contribution is -2.25. The number of halogens is 1. The molecule has 1 aromatic heterocycles. The van der Waals surface area contributed by atoms with Crippen molar-refractivity contribution in [2.75, 3.05) is 6.54 Å². The average Bonchev–Trinajstić information content (AvgIpc) is 2.72. The molecule has 0 aliphatic heterocycles. The van der Waals surface area contributed by atoms with Crippen molar-refractivity contribution in [1.29, 1.82) is 0 Å². The summed E-state index contributed by atoms with van der Waals surface area (Å²) < 4.78 is 5.57. The molecule has 2 rings (SSSR count). The van der Waals surface area contributed by atoms with Gasteiger partial charge in [0.25, 0.3) is 5.91 Å². The van der Waals surface area contributed by atoms with Crippen LogP contribution in [-0.4, -0.2) is 23.7 Å². The Morgan fingerprint density at radius 1 is 1.50 bits per heavy atom. The summed E-state index contributed by atoms with van der Waals surface area (Å²) in [5.74, 6) is 0.0831. The number of nitrogens with one attached hydrogen (secondary N) is 1. The van der Waals surface area contributed by atoms with Gasteiger partial charge < -0.3 is 14.8 Å². The zero-order chi connectivity index (χ0) is 14.7. The van der Waals surface area contributed by atoms with Gasteiger partial charge in [-0.3, -0.25) is 4.79 Å². The summed E-state index contributed by atoms with van der Waals surface area (Å²) in [4.78, 5) is 12.1. The van der Waals surface area contributed by atoms with Gasteiger partial charge in [0.2, 0.25) is 0 Å². The molecule has 2 N–H and O–H groups in total. The van der Waals surface area contributed by atoms with Gasteiger partial charge in [0.05, 0.1) is 6.10 Å². The molecular weight excluding hydrogens is 278 g/mol. The van der Waals surface area contributed by atoms with Gasteiger partial charge in [-0.2, -0.15) is 0 Å². The number of hydrogen-bond donors (Lipinski definition) is 2. The fraction of sp³-hybridized carbons (Fsp3) is 0.400. The molecule has 1 heterocycles. The van der Waals surface area contributed by atoms with Crippen LogP contribution in [0.25, 0.3) is 11.0 Å². The van der Waals surface area contributed by atoms with E-state index in [4.69, 9.17) is 21.1 Å². The number of aliphatic hydroxyl groups excluding tert-OH is 1. The summed E-state index contributed by atoms with van der Waals surface area (Å²) in [5.41, 5.74) is 1.44. The number of furan rings is 1. The van der Waals surface area contributed by atoms with Crippen molar-refractivity contribution < 1.29 is 14.3 Å². The predicted octanol–water partition coefficient (Wildman–Crippen LogP) is 3.29. The van der Waals surface area contributed by atoms with E-state index in [1.54, 1.807) is 25.1 Å². The molecule has 20 heavy (non-hydrogen) atoms. The third kappa shape index (κ3) is 3.32. The third-order valence-corrected chi connectivity index (χ3v) is 3.42. The minimum absolute atomic E-state index is 0.236. The quantitative estimate of drug-likeness (QED) is 0.832. The van der Waals surface area contributed by atoms with Gasteiger partial charge in [-0.15, -0.1) is 0 Å². The first kappa shape index (κ1) is 14.9. The third-order valence-electron chi connectivity index (χ3n) is 3.19. The van der Waals surface area contributed by atoms with Crippen molar-refractivity contribution in [3.63, 3.8) is 0 Å². The second-order valence-electron chi connectivity index (χ2n) is 4.94. The Balaban J connectivity index is 2.08. The molecule has 0 saturated heterocycles. The van der Waals surface area contributed by atoms with Crippen LogP contribution in [0.1, 0.15) is 35.9 Å². The van der Waals surface area contributed by atoms with E-state index in [2.05, 4.69) is 5.32 Å². The molecule has 1 unspecified atom stereocenters. The van der Waals surface area contributed by atoms with Crippen molar-refractivity contribution >= 4 is 28.5 Å². The Kier molecular flexibility index (Phi) is 4.68. The number of fused-ring (bicyclic) bond motifs is 1. The molecular formula is C15H18ClNO3. The summed E-state index contributed by atoms with van der Waals surface area (Å²) in [7, 11) is 0. The van der Waals surface area contributed by atoms with E-state index in [1.165, 1.54) is 0 Å². The van der Waals surface area contributed by atoms with Crippen LogP contribution in [0.5, 0.6) is 0 Å². The van der Waals surface area contributed by atoms with Gasteiger partial charge in [-0.1, -0.05) is 11.6 Å². The van der Waals surface area contributed by atoms with Crippen molar-refractivity contribution in [3.05, 3.63) is 34.5 Å². The second-order valence-corrected chi connectivity index (χ2v) is 5.38. The summed E-state index contributed by atoms with van der Waals surface area (Å²) in [5, 5.41) is 13.4. The summed E-state index contributed by atoms with van der Waals surface area (Å²) >= 11 is 5.95. The van der Waals surface area contributed by atoms with E-state index >= 15 is 0 Å². The summed E-state index contributed by atoms with van der Waals surface area (Å²) in [6.45, 7) is 4.09. The van der Waals surface area contributed by atoms with Crippen LogP contribution in [0, 0.1) is 6.92 Å². The van der Waals surface area contributed by atoms with Gasteiger partial charge in [0.1, 0.15) is 5.58 Å². The molecule has 0 radical (unpaired) electrons. The lowest BCUT2D eigenvalue weighted by molar-refractivity contribution is 0.0923. The predicted molar refractivity (Wildman–Crippen MR) is 79.2 cm³/mol. The number of amides is 1. The first-order chi connectivity index (χ1) is 9.49. The number of rotatable bonds is 5. The zero-order valence-electron chi connectivity index (χ0n) is 11.6. The lowest BCUT2D eigenvalue weighted by Gasteiger charge is -2.05. The molecule has 1 atom stereocenters. The first-order valence-corrected chi connectivity index (χ1v) is 7.01. The number of carbonyl (C=O) groups is 1. The molecule has 0 spiro atoms. The second kappa shape index (κ2) is 6.29. The molecule has 108 valence electrons. The minimum atomic E-state index is -0.345. The number of aryl methyl sites for hydroxylation is 1. The van der Waals surface area contributed by atoms with Gasteiger partial charge in [-0.05, 0) is 44.9 Å². The van der Waals surface area contributed by atoms with Crippen LogP contribution in [0.3, 0.4) is 0 Å². The molecule has 0 saturated carbocycles. The standard InChI is InChI=1S/C15H18ClNO3/c1-9(18)4-3-7-17-15(19)14-10(2)12-8-11(16)5-6-13(12)20-14/h5-6,8-9,18H,3-4,7H2,1-2H3,(H,17,19). The Labute approximate surface area is 122 Å². The van der Waals surface area contributed by atoms with E-state index in [9.17, 15) is 4.79 Å². The van der Waals surface area contributed by atoms with E-state index < -0.39 is 0 Å². The highest BCUT2D eigenvalue weighted by molar-refractivity contribution is 6.31.